The molecule has 1 unspecified atom stereocenters. The largest absolute Gasteiger partial charge is 0.449 e. The lowest BCUT2D eigenvalue weighted by molar-refractivity contribution is -0.126. The average molecular weight is 372 g/mol. The van der Waals surface area contributed by atoms with Gasteiger partial charge in [0.2, 0.25) is 0 Å². The van der Waals surface area contributed by atoms with E-state index in [2.05, 4.69) is 0 Å². The average Bonchev–Trinajstić information content (AvgIpc) is 2.64. The predicted octanol–water partition coefficient (Wildman–Crippen LogP) is 3.41. The number of nitrogens with two attached hydrogens (primary N) is 1. The van der Waals surface area contributed by atoms with Crippen molar-refractivity contribution in [1.29, 1.82) is 5.26 Å². The summed E-state index contributed by atoms with van der Waals surface area (Å²) in [6.45, 7) is 1.69. The Morgan fingerprint density at radius 2 is 1.96 bits per heavy atom. The molecule has 0 heterocycles. The number of benzene rings is 2. The van der Waals surface area contributed by atoms with E-state index >= 15 is 0 Å². The molecule has 0 saturated carbocycles. The fraction of sp³-hybridized carbons (Fsp3) is 0.211. The van der Waals surface area contributed by atoms with E-state index in [1.807, 2.05) is 12.1 Å². The molecule has 0 saturated heterocycles. The number of anilines is 2. The Morgan fingerprint density at radius 3 is 2.58 bits per heavy atom. The highest BCUT2D eigenvalue weighted by molar-refractivity contribution is 6.33. The molecule has 0 aliphatic heterocycles. The SMILES string of the molecule is CC(OC(=O)c1ccc(Cl)c(N)c1)C(=O)N(CCC#N)c1ccccc1. The number of hydrogen-bond donors (Lipinski definition) is 1. The molecule has 1 amide bonds. The van der Waals surface area contributed by atoms with Crippen molar-refractivity contribution in [2.24, 2.45) is 0 Å². The van der Waals surface area contributed by atoms with Gasteiger partial charge in [-0.15, -0.1) is 0 Å². The normalized spacial score (nSPS) is 11.3. The first kappa shape index (κ1) is 19.3. The third kappa shape index (κ3) is 4.74. The summed E-state index contributed by atoms with van der Waals surface area (Å²) >= 11 is 5.84. The van der Waals surface area contributed by atoms with Crippen LogP contribution in [0.4, 0.5) is 11.4 Å². The third-order valence-electron chi connectivity index (χ3n) is 3.64. The molecule has 2 rings (SSSR count). The molecular weight excluding hydrogens is 354 g/mol. The van der Waals surface area contributed by atoms with Gasteiger partial charge in [-0.2, -0.15) is 5.26 Å². The van der Waals surface area contributed by atoms with Crippen LogP contribution in [0, 0.1) is 11.3 Å². The summed E-state index contributed by atoms with van der Waals surface area (Å²) in [4.78, 5) is 26.4. The van der Waals surface area contributed by atoms with Crippen molar-refractivity contribution in [2.75, 3.05) is 17.2 Å². The Hall–Kier alpha value is -3.04. The standard InChI is InChI=1S/C19H18ClN3O3/c1-13(26-19(25)14-8-9-16(20)17(22)12-14)18(24)23(11-5-10-21)15-6-3-2-4-7-15/h2-4,6-9,12-13H,5,11,22H2,1H3. The molecule has 1 atom stereocenters. The van der Waals surface area contributed by atoms with Gasteiger partial charge in [0.1, 0.15) is 0 Å². The second-order valence-corrected chi connectivity index (χ2v) is 5.92. The highest BCUT2D eigenvalue weighted by Crippen LogP contribution is 2.21. The first-order valence-corrected chi connectivity index (χ1v) is 8.31. The minimum Gasteiger partial charge on any atom is -0.449 e. The summed E-state index contributed by atoms with van der Waals surface area (Å²) in [5, 5.41) is 9.16. The van der Waals surface area contributed by atoms with E-state index in [1.54, 1.807) is 24.3 Å². The van der Waals surface area contributed by atoms with Gasteiger partial charge in [-0.3, -0.25) is 4.79 Å². The van der Waals surface area contributed by atoms with Crippen LogP contribution < -0.4 is 10.6 Å². The molecule has 0 bridgehead atoms. The van der Waals surface area contributed by atoms with Crippen molar-refractivity contribution in [3.05, 3.63) is 59.1 Å². The van der Waals surface area contributed by atoms with Crippen molar-refractivity contribution < 1.29 is 14.3 Å². The van der Waals surface area contributed by atoms with Gasteiger partial charge >= 0.3 is 5.97 Å². The smallest absolute Gasteiger partial charge is 0.338 e. The van der Waals surface area contributed by atoms with E-state index in [9.17, 15) is 9.59 Å². The molecule has 0 fully saturated rings. The summed E-state index contributed by atoms with van der Waals surface area (Å²) in [7, 11) is 0. The Balaban J connectivity index is 2.13. The first-order valence-electron chi connectivity index (χ1n) is 7.93. The predicted molar refractivity (Wildman–Crippen MR) is 99.8 cm³/mol. The zero-order chi connectivity index (χ0) is 19.1. The van der Waals surface area contributed by atoms with Crippen molar-refractivity contribution in [3.8, 4) is 6.07 Å². The number of esters is 1. The maximum atomic E-state index is 12.7. The Kier molecular flexibility index (Phi) is 6.59. The van der Waals surface area contributed by atoms with Gasteiger partial charge < -0.3 is 15.4 Å². The number of amides is 1. The number of para-hydroxylation sites is 1. The van der Waals surface area contributed by atoms with E-state index in [0.29, 0.717) is 10.7 Å². The van der Waals surface area contributed by atoms with Gasteiger partial charge in [-0.25, -0.2) is 4.79 Å². The third-order valence-corrected chi connectivity index (χ3v) is 3.99. The number of nitriles is 1. The number of carbonyl (C=O) groups is 2. The summed E-state index contributed by atoms with van der Waals surface area (Å²) in [6, 6.07) is 15.3. The van der Waals surface area contributed by atoms with Crippen LogP contribution in [0.5, 0.6) is 0 Å². The Labute approximate surface area is 156 Å². The lowest BCUT2D eigenvalue weighted by atomic mass is 10.2. The van der Waals surface area contributed by atoms with Crippen molar-refractivity contribution in [2.45, 2.75) is 19.4 Å². The molecule has 134 valence electrons. The number of rotatable bonds is 6. The van der Waals surface area contributed by atoms with Crippen LogP contribution in [0.2, 0.25) is 5.02 Å². The monoisotopic (exact) mass is 371 g/mol. The first-order chi connectivity index (χ1) is 12.4. The second-order valence-electron chi connectivity index (χ2n) is 5.52. The quantitative estimate of drug-likeness (QED) is 0.620. The topological polar surface area (TPSA) is 96.4 Å². The van der Waals surface area contributed by atoms with Crippen LogP contribution >= 0.6 is 11.6 Å². The molecule has 6 nitrogen and oxygen atoms in total. The number of nitrogen functional groups attached to an aromatic ring is 1. The fourth-order valence-corrected chi connectivity index (χ4v) is 2.42. The highest BCUT2D eigenvalue weighted by atomic mass is 35.5. The van der Waals surface area contributed by atoms with E-state index < -0.39 is 18.0 Å². The fourth-order valence-electron chi connectivity index (χ4n) is 2.31. The van der Waals surface area contributed by atoms with Gasteiger partial charge in [0.05, 0.1) is 28.8 Å². The van der Waals surface area contributed by atoms with E-state index in [-0.39, 0.29) is 24.2 Å². The van der Waals surface area contributed by atoms with E-state index in [1.165, 1.54) is 30.0 Å². The summed E-state index contributed by atoms with van der Waals surface area (Å²) < 4.78 is 5.26. The maximum absolute atomic E-state index is 12.7. The Bertz CT molecular complexity index is 834. The van der Waals surface area contributed by atoms with Crippen LogP contribution in [0.3, 0.4) is 0 Å². The zero-order valence-electron chi connectivity index (χ0n) is 14.2. The van der Waals surface area contributed by atoms with Crippen LogP contribution in [0.25, 0.3) is 0 Å². The molecule has 0 aromatic heterocycles. The molecular formula is C19H18ClN3O3. The van der Waals surface area contributed by atoms with Gasteiger partial charge in [-0.05, 0) is 37.3 Å². The molecule has 0 radical (unpaired) electrons. The summed E-state index contributed by atoms with van der Waals surface area (Å²) in [6.07, 6.45) is -0.868. The molecule has 2 aromatic rings. The van der Waals surface area contributed by atoms with Crippen molar-refractivity contribution in [3.63, 3.8) is 0 Å². The number of ether oxygens (including phenoxy) is 1. The summed E-state index contributed by atoms with van der Waals surface area (Å²) in [5.41, 5.74) is 6.77. The molecule has 0 aliphatic carbocycles. The lowest BCUT2D eigenvalue weighted by Crippen LogP contribution is -2.40. The van der Waals surface area contributed by atoms with E-state index in [4.69, 9.17) is 27.3 Å². The highest BCUT2D eigenvalue weighted by Gasteiger charge is 2.25. The molecule has 2 N–H and O–H groups in total. The van der Waals surface area contributed by atoms with Gasteiger partial charge in [0.15, 0.2) is 6.10 Å². The van der Waals surface area contributed by atoms with Gasteiger partial charge in [0, 0.05) is 12.2 Å². The minimum atomic E-state index is -1.03. The Morgan fingerprint density at radius 1 is 1.27 bits per heavy atom. The number of carbonyl (C=O) groups excluding carboxylic acids is 2. The maximum Gasteiger partial charge on any atom is 0.338 e. The van der Waals surface area contributed by atoms with Crippen LogP contribution in [0.1, 0.15) is 23.7 Å². The number of hydrogen-bond acceptors (Lipinski definition) is 5. The van der Waals surface area contributed by atoms with Gasteiger partial charge in [-0.1, -0.05) is 29.8 Å². The molecule has 26 heavy (non-hydrogen) atoms. The number of halogens is 1. The van der Waals surface area contributed by atoms with Crippen LogP contribution in [-0.2, 0) is 9.53 Å². The second kappa shape index (κ2) is 8.88. The minimum absolute atomic E-state index is 0.162. The van der Waals surface area contributed by atoms with Crippen LogP contribution in [-0.4, -0.2) is 24.5 Å². The summed E-state index contributed by atoms with van der Waals surface area (Å²) in [5.74, 6) is -1.09. The number of nitrogens with zero attached hydrogens (tertiary/aromatic N) is 2. The van der Waals surface area contributed by atoms with Crippen LogP contribution in [0.15, 0.2) is 48.5 Å². The van der Waals surface area contributed by atoms with Crippen molar-refractivity contribution in [1.82, 2.24) is 0 Å². The van der Waals surface area contributed by atoms with E-state index in [0.717, 1.165) is 0 Å². The molecule has 7 heteroatoms. The molecule has 2 aromatic carbocycles. The van der Waals surface area contributed by atoms with Gasteiger partial charge in [0.25, 0.3) is 5.91 Å². The molecule has 0 spiro atoms. The zero-order valence-corrected chi connectivity index (χ0v) is 14.9. The molecule has 0 aliphatic rings. The lowest BCUT2D eigenvalue weighted by Gasteiger charge is -2.25. The van der Waals surface area contributed by atoms with Crippen molar-refractivity contribution >= 4 is 34.9 Å².